The number of nitrogens with zero attached hydrogens (tertiary/aromatic N) is 6. The molecule has 4 heterocycles. The Morgan fingerprint density at radius 3 is 2.53 bits per heavy atom. The van der Waals surface area contributed by atoms with Crippen LogP contribution in [0.4, 0.5) is 20.3 Å². The molecule has 4 rings (SSSR count). The molecule has 0 spiro atoms. The molecule has 12 nitrogen and oxygen atoms in total. The van der Waals surface area contributed by atoms with E-state index in [1.165, 1.54) is 18.3 Å². The summed E-state index contributed by atoms with van der Waals surface area (Å²) in [5.74, 6) is -1.97. The van der Waals surface area contributed by atoms with Crippen molar-refractivity contribution < 1.29 is 23.3 Å². The lowest BCUT2D eigenvalue weighted by atomic mass is 10.0. The van der Waals surface area contributed by atoms with Crippen LogP contribution in [0, 0.1) is 24.0 Å². The number of nitrogens with one attached hydrogen (secondary N) is 1. The molecule has 0 fully saturated rings. The van der Waals surface area contributed by atoms with Gasteiger partial charge in [-0.15, -0.1) is 11.3 Å². The van der Waals surface area contributed by atoms with E-state index in [4.69, 9.17) is 5.73 Å². The van der Waals surface area contributed by atoms with Gasteiger partial charge in [-0.3, -0.25) is 14.3 Å². The molecule has 0 aliphatic rings. The molecule has 4 aromatic rings. The van der Waals surface area contributed by atoms with Crippen LogP contribution in [0.1, 0.15) is 40.1 Å². The Morgan fingerprint density at radius 1 is 1.25 bits per heavy atom. The first-order chi connectivity index (χ1) is 17.0. The van der Waals surface area contributed by atoms with E-state index in [2.05, 4.69) is 20.5 Å². The molecule has 4 aromatic heterocycles. The standard InChI is InChI=1S/C21H20F2N8O4S/c1-4-29-10(3)12(7-25-29)11-6-13(19(22)23)26-21-16(11)17(18(36-21)20(24)33)27-15(32)8-30-9(2)5-14(28-30)31(34)35/h5-7,19H,4,8H2,1-3H3,(H2,24,33)(H,27,32). The quantitative estimate of drug-likeness (QED) is 0.266. The zero-order chi connectivity index (χ0) is 26.3. The zero-order valence-corrected chi connectivity index (χ0v) is 20.1. The number of carbonyl (C=O) groups is 2. The highest BCUT2D eigenvalue weighted by atomic mass is 32.1. The molecule has 36 heavy (non-hydrogen) atoms. The lowest BCUT2D eigenvalue weighted by molar-refractivity contribution is -0.389. The molecule has 0 aliphatic carbocycles. The molecule has 2 amide bonds. The van der Waals surface area contributed by atoms with Crippen molar-refractivity contribution in [3.8, 4) is 11.1 Å². The molecule has 0 atom stereocenters. The number of thiophene rings is 1. The average Bonchev–Trinajstić information content (AvgIpc) is 3.48. The van der Waals surface area contributed by atoms with Gasteiger partial charge in [0.05, 0.1) is 28.7 Å². The van der Waals surface area contributed by atoms with Crippen molar-refractivity contribution in [3.05, 3.63) is 50.4 Å². The Kier molecular flexibility index (Phi) is 6.49. The Bertz CT molecular complexity index is 1520. The number of halogens is 2. The summed E-state index contributed by atoms with van der Waals surface area (Å²) >= 11 is 0.778. The maximum absolute atomic E-state index is 13.7. The second-order valence-corrected chi connectivity index (χ2v) is 8.81. The number of carbonyl (C=O) groups excluding carboxylic acids is 2. The van der Waals surface area contributed by atoms with Gasteiger partial charge in [0.2, 0.25) is 5.91 Å². The Hall–Kier alpha value is -4.27. The van der Waals surface area contributed by atoms with E-state index in [-0.39, 0.29) is 20.8 Å². The second kappa shape index (κ2) is 9.41. The first-order valence-corrected chi connectivity index (χ1v) is 11.4. The molecule has 15 heteroatoms. The van der Waals surface area contributed by atoms with Crippen LogP contribution in [0.25, 0.3) is 21.3 Å². The summed E-state index contributed by atoms with van der Waals surface area (Å²) in [6.07, 6.45) is -1.37. The molecule has 3 N–H and O–H groups in total. The third-order valence-electron chi connectivity index (χ3n) is 5.54. The van der Waals surface area contributed by atoms with Crippen molar-refractivity contribution in [2.24, 2.45) is 5.73 Å². The highest BCUT2D eigenvalue weighted by molar-refractivity contribution is 7.21. The minimum Gasteiger partial charge on any atom is -0.365 e. The van der Waals surface area contributed by atoms with Gasteiger partial charge < -0.3 is 21.2 Å². The molecule has 0 bridgehead atoms. The third kappa shape index (κ3) is 4.39. The fourth-order valence-corrected chi connectivity index (χ4v) is 4.84. The summed E-state index contributed by atoms with van der Waals surface area (Å²) in [6.45, 7) is 5.33. The number of aromatic nitrogens is 5. The van der Waals surface area contributed by atoms with Crippen molar-refractivity contribution in [1.82, 2.24) is 24.5 Å². The Morgan fingerprint density at radius 2 is 1.97 bits per heavy atom. The number of fused-ring (bicyclic) bond motifs is 1. The van der Waals surface area contributed by atoms with Crippen molar-refractivity contribution in [1.29, 1.82) is 0 Å². The summed E-state index contributed by atoms with van der Waals surface area (Å²) in [5.41, 5.74) is 6.94. The Balaban J connectivity index is 1.86. The van der Waals surface area contributed by atoms with E-state index in [0.717, 1.165) is 16.0 Å². The van der Waals surface area contributed by atoms with Crippen LogP contribution >= 0.6 is 11.3 Å². The number of nitro groups is 1. The summed E-state index contributed by atoms with van der Waals surface area (Å²) < 4.78 is 30.2. The van der Waals surface area contributed by atoms with E-state index in [1.807, 2.05) is 6.92 Å². The average molecular weight is 519 g/mol. The summed E-state index contributed by atoms with van der Waals surface area (Å²) in [5, 5.41) is 21.9. The number of anilines is 1. The van der Waals surface area contributed by atoms with Crippen LogP contribution < -0.4 is 11.1 Å². The number of amides is 2. The molecular formula is C21H20F2N8O4S. The lowest BCUT2D eigenvalue weighted by Crippen LogP contribution is -2.22. The van der Waals surface area contributed by atoms with E-state index in [1.54, 1.807) is 18.5 Å². The van der Waals surface area contributed by atoms with Gasteiger partial charge in [0.25, 0.3) is 12.3 Å². The predicted octanol–water partition coefficient (Wildman–Crippen LogP) is 3.58. The summed E-state index contributed by atoms with van der Waals surface area (Å²) in [4.78, 5) is 39.5. The van der Waals surface area contributed by atoms with Gasteiger partial charge in [0.15, 0.2) is 0 Å². The van der Waals surface area contributed by atoms with Gasteiger partial charge in [-0.1, -0.05) is 0 Å². The van der Waals surface area contributed by atoms with Crippen LogP contribution in [-0.2, 0) is 17.9 Å². The van der Waals surface area contributed by atoms with E-state index in [0.29, 0.717) is 29.1 Å². The first kappa shape index (κ1) is 24.8. The minimum absolute atomic E-state index is 0.0128. The Labute approximate surface area is 205 Å². The number of hydrogen-bond donors (Lipinski definition) is 2. The molecule has 0 aliphatic heterocycles. The minimum atomic E-state index is -2.88. The van der Waals surface area contributed by atoms with Gasteiger partial charge in [0.1, 0.15) is 21.9 Å². The third-order valence-corrected chi connectivity index (χ3v) is 6.63. The highest BCUT2D eigenvalue weighted by Crippen LogP contribution is 2.43. The number of hydrogen-bond acceptors (Lipinski definition) is 8. The van der Waals surface area contributed by atoms with Crippen molar-refractivity contribution in [3.63, 3.8) is 0 Å². The van der Waals surface area contributed by atoms with Crippen molar-refractivity contribution >= 4 is 44.9 Å². The molecule has 0 radical (unpaired) electrons. The van der Waals surface area contributed by atoms with E-state index < -0.39 is 41.2 Å². The zero-order valence-electron chi connectivity index (χ0n) is 19.3. The number of aryl methyl sites for hydroxylation is 2. The number of pyridine rings is 1. The number of primary amides is 1. The fraction of sp³-hybridized carbons (Fsp3) is 0.286. The van der Waals surface area contributed by atoms with E-state index in [9.17, 15) is 28.5 Å². The molecule has 188 valence electrons. The maximum Gasteiger partial charge on any atom is 0.390 e. The SMILES string of the molecule is CCn1ncc(-c2cc(C(F)F)nc3sc(C(N)=O)c(NC(=O)Cn4nc([N+](=O)[O-])cc4C)c23)c1C. The van der Waals surface area contributed by atoms with Gasteiger partial charge in [-0.2, -0.15) is 9.78 Å². The van der Waals surface area contributed by atoms with Gasteiger partial charge in [0, 0.05) is 23.2 Å². The lowest BCUT2D eigenvalue weighted by Gasteiger charge is -2.11. The molecule has 0 saturated carbocycles. The van der Waals surface area contributed by atoms with Crippen LogP contribution in [0.15, 0.2) is 18.3 Å². The monoisotopic (exact) mass is 518 g/mol. The van der Waals surface area contributed by atoms with Crippen LogP contribution in [0.3, 0.4) is 0 Å². The number of nitrogens with two attached hydrogens (primary N) is 1. The highest BCUT2D eigenvalue weighted by Gasteiger charge is 2.27. The van der Waals surface area contributed by atoms with E-state index >= 15 is 0 Å². The predicted molar refractivity (Wildman–Crippen MR) is 127 cm³/mol. The van der Waals surface area contributed by atoms with Gasteiger partial charge in [-0.05, 0) is 37.3 Å². The first-order valence-electron chi connectivity index (χ1n) is 10.6. The molecule has 0 unspecified atom stereocenters. The van der Waals surface area contributed by atoms with Crippen LogP contribution in [0.5, 0.6) is 0 Å². The summed E-state index contributed by atoms with van der Waals surface area (Å²) in [6, 6.07) is 2.41. The second-order valence-electron chi connectivity index (χ2n) is 7.81. The molecule has 0 aromatic carbocycles. The largest absolute Gasteiger partial charge is 0.390 e. The van der Waals surface area contributed by atoms with Gasteiger partial charge >= 0.3 is 5.82 Å². The smallest absolute Gasteiger partial charge is 0.365 e. The topological polar surface area (TPSA) is 164 Å². The van der Waals surface area contributed by atoms with Crippen LogP contribution in [-0.4, -0.2) is 41.3 Å². The number of alkyl halides is 2. The van der Waals surface area contributed by atoms with Crippen molar-refractivity contribution in [2.75, 3.05) is 5.32 Å². The normalized spacial score (nSPS) is 11.4. The molecule has 0 saturated heterocycles. The molecular weight excluding hydrogens is 498 g/mol. The van der Waals surface area contributed by atoms with Crippen molar-refractivity contribution in [2.45, 2.75) is 40.3 Å². The number of rotatable bonds is 8. The fourth-order valence-electron chi connectivity index (χ4n) is 3.82. The van der Waals surface area contributed by atoms with Crippen LogP contribution in [0.2, 0.25) is 0 Å². The summed E-state index contributed by atoms with van der Waals surface area (Å²) in [7, 11) is 0. The van der Waals surface area contributed by atoms with Gasteiger partial charge in [-0.25, -0.2) is 13.8 Å². The maximum atomic E-state index is 13.7.